The first-order chi connectivity index (χ1) is 8.50. The maximum absolute atomic E-state index is 6.28. The average molecular weight is 320 g/mol. The van der Waals surface area contributed by atoms with Gasteiger partial charge in [0.05, 0.1) is 0 Å². The van der Waals surface area contributed by atoms with Gasteiger partial charge in [-0.25, -0.2) is 0 Å². The first-order valence-electron chi connectivity index (χ1n) is 5.37. The van der Waals surface area contributed by atoms with E-state index in [2.05, 4.69) is 0 Å². The van der Waals surface area contributed by atoms with Gasteiger partial charge in [-0.15, -0.1) is 0 Å². The van der Waals surface area contributed by atoms with E-state index in [4.69, 9.17) is 46.4 Å². The summed E-state index contributed by atoms with van der Waals surface area (Å²) < 4.78 is 0. The standard InChI is InChI=1S/C14H10Cl4/c1-8-5-6-13(17)10(14(8)18)7-9-11(15)3-2-4-12(9)16/h2-6H,7H2,1H3. The van der Waals surface area contributed by atoms with E-state index in [-0.39, 0.29) is 0 Å². The van der Waals surface area contributed by atoms with Gasteiger partial charge in [0.15, 0.2) is 0 Å². The first-order valence-corrected chi connectivity index (χ1v) is 6.88. The molecule has 0 heterocycles. The molecule has 0 aliphatic rings. The number of hydrogen-bond acceptors (Lipinski definition) is 0. The van der Waals surface area contributed by atoms with Gasteiger partial charge in [-0.05, 0) is 41.8 Å². The molecule has 0 unspecified atom stereocenters. The van der Waals surface area contributed by atoms with Gasteiger partial charge in [-0.1, -0.05) is 58.5 Å². The van der Waals surface area contributed by atoms with Crippen LogP contribution < -0.4 is 0 Å². The minimum absolute atomic E-state index is 0.526. The third-order valence-electron chi connectivity index (χ3n) is 2.79. The van der Waals surface area contributed by atoms with Crippen LogP contribution in [-0.2, 0) is 6.42 Å². The Morgan fingerprint density at radius 1 is 0.778 bits per heavy atom. The molecule has 0 aliphatic carbocycles. The molecule has 0 radical (unpaired) electrons. The largest absolute Gasteiger partial charge is 0.0840 e. The molecule has 18 heavy (non-hydrogen) atoms. The van der Waals surface area contributed by atoms with E-state index in [0.29, 0.717) is 26.5 Å². The Kier molecular flexibility index (Phi) is 4.45. The fourth-order valence-electron chi connectivity index (χ4n) is 1.75. The Morgan fingerprint density at radius 2 is 1.33 bits per heavy atom. The zero-order chi connectivity index (χ0) is 13.3. The molecular formula is C14H10Cl4. The van der Waals surface area contributed by atoms with Crippen LogP contribution >= 0.6 is 46.4 Å². The summed E-state index contributed by atoms with van der Waals surface area (Å²) in [5, 5.41) is 2.53. The summed E-state index contributed by atoms with van der Waals surface area (Å²) in [6.07, 6.45) is 0.526. The average Bonchev–Trinajstić information content (AvgIpc) is 2.33. The Balaban J connectivity index is 2.50. The number of rotatable bonds is 2. The van der Waals surface area contributed by atoms with Crippen molar-refractivity contribution in [1.29, 1.82) is 0 Å². The Labute approximate surface area is 126 Å². The fourth-order valence-corrected chi connectivity index (χ4v) is 2.79. The summed E-state index contributed by atoms with van der Waals surface area (Å²) in [5.41, 5.74) is 2.68. The van der Waals surface area contributed by atoms with Crippen molar-refractivity contribution in [3.05, 3.63) is 67.1 Å². The summed E-state index contributed by atoms with van der Waals surface area (Å²) in [5.74, 6) is 0. The van der Waals surface area contributed by atoms with Gasteiger partial charge in [0.1, 0.15) is 0 Å². The molecule has 0 saturated carbocycles. The number of benzene rings is 2. The van der Waals surface area contributed by atoms with Crippen molar-refractivity contribution in [3.63, 3.8) is 0 Å². The highest BCUT2D eigenvalue weighted by Gasteiger charge is 2.13. The number of halogens is 4. The molecule has 0 saturated heterocycles. The molecule has 0 amide bonds. The number of aryl methyl sites for hydroxylation is 1. The summed E-state index contributed by atoms with van der Waals surface area (Å²) >= 11 is 24.8. The van der Waals surface area contributed by atoms with Gasteiger partial charge in [0.2, 0.25) is 0 Å². The lowest BCUT2D eigenvalue weighted by molar-refractivity contribution is 1.18. The summed E-state index contributed by atoms with van der Waals surface area (Å²) in [7, 11) is 0. The molecule has 2 aromatic rings. The molecular weight excluding hydrogens is 310 g/mol. The highest BCUT2D eigenvalue weighted by Crippen LogP contribution is 2.34. The van der Waals surface area contributed by atoms with E-state index >= 15 is 0 Å². The molecule has 2 aromatic carbocycles. The van der Waals surface area contributed by atoms with Gasteiger partial charge >= 0.3 is 0 Å². The summed E-state index contributed by atoms with van der Waals surface area (Å²) in [4.78, 5) is 0. The van der Waals surface area contributed by atoms with Crippen molar-refractivity contribution >= 4 is 46.4 Å². The molecule has 0 aromatic heterocycles. The Hall–Kier alpha value is -0.400. The van der Waals surface area contributed by atoms with Crippen molar-refractivity contribution in [2.24, 2.45) is 0 Å². The fraction of sp³-hybridized carbons (Fsp3) is 0.143. The molecule has 4 heteroatoms. The topological polar surface area (TPSA) is 0 Å². The lowest BCUT2D eigenvalue weighted by atomic mass is 10.0. The van der Waals surface area contributed by atoms with E-state index in [1.54, 1.807) is 12.1 Å². The monoisotopic (exact) mass is 318 g/mol. The third-order valence-corrected chi connectivity index (χ3v) is 4.38. The van der Waals surface area contributed by atoms with Gasteiger partial charge < -0.3 is 0 Å². The second-order valence-electron chi connectivity index (χ2n) is 4.03. The van der Waals surface area contributed by atoms with Crippen molar-refractivity contribution < 1.29 is 0 Å². The van der Waals surface area contributed by atoms with Crippen LogP contribution in [0.5, 0.6) is 0 Å². The molecule has 0 N–H and O–H groups in total. The maximum Gasteiger partial charge on any atom is 0.0485 e. The second kappa shape index (κ2) is 5.71. The smallest absolute Gasteiger partial charge is 0.0485 e. The molecule has 0 bridgehead atoms. The predicted octanol–water partition coefficient (Wildman–Crippen LogP) is 6.20. The molecule has 0 fully saturated rings. The third kappa shape index (κ3) is 2.78. The van der Waals surface area contributed by atoms with Crippen LogP contribution in [0.15, 0.2) is 30.3 Å². The summed E-state index contributed by atoms with van der Waals surface area (Å²) in [6, 6.07) is 9.15. The maximum atomic E-state index is 6.28. The minimum Gasteiger partial charge on any atom is -0.0840 e. The highest BCUT2D eigenvalue weighted by molar-refractivity contribution is 6.37. The van der Waals surface area contributed by atoms with Crippen LogP contribution in [0.4, 0.5) is 0 Å². The second-order valence-corrected chi connectivity index (χ2v) is 5.63. The van der Waals surface area contributed by atoms with Crippen LogP contribution in [0.3, 0.4) is 0 Å². The minimum atomic E-state index is 0.526. The quantitative estimate of drug-likeness (QED) is 0.618. The van der Waals surface area contributed by atoms with Gasteiger partial charge in [-0.2, -0.15) is 0 Å². The van der Waals surface area contributed by atoms with Crippen molar-refractivity contribution in [2.75, 3.05) is 0 Å². The highest BCUT2D eigenvalue weighted by atomic mass is 35.5. The predicted molar refractivity (Wildman–Crippen MR) is 80.5 cm³/mol. The molecule has 0 nitrogen and oxygen atoms in total. The van der Waals surface area contributed by atoms with E-state index in [1.165, 1.54) is 0 Å². The lowest BCUT2D eigenvalue weighted by Crippen LogP contribution is -1.95. The molecule has 0 aliphatic heterocycles. The van der Waals surface area contributed by atoms with E-state index in [9.17, 15) is 0 Å². The van der Waals surface area contributed by atoms with Crippen molar-refractivity contribution in [1.82, 2.24) is 0 Å². The molecule has 94 valence electrons. The summed E-state index contributed by atoms with van der Waals surface area (Å²) in [6.45, 7) is 1.94. The van der Waals surface area contributed by atoms with Crippen LogP contribution in [0.1, 0.15) is 16.7 Å². The van der Waals surface area contributed by atoms with Crippen molar-refractivity contribution in [3.8, 4) is 0 Å². The molecule has 0 spiro atoms. The van der Waals surface area contributed by atoms with Crippen LogP contribution in [0.2, 0.25) is 20.1 Å². The molecule has 2 rings (SSSR count). The van der Waals surface area contributed by atoms with Crippen molar-refractivity contribution in [2.45, 2.75) is 13.3 Å². The van der Waals surface area contributed by atoms with Crippen LogP contribution in [0, 0.1) is 6.92 Å². The van der Waals surface area contributed by atoms with E-state index < -0.39 is 0 Å². The van der Waals surface area contributed by atoms with E-state index in [1.807, 2.05) is 25.1 Å². The normalized spacial score (nSPS) is 10.7. The van der Waals surface area contributed by atoms with Crippen LogP contribution in [0.25, 0.3) is 0 Å². The van der Waals surface area contributed by atoms with Gasteiger partial charge in [0, 0.05) is 26.5 Å². The zero-order valence-corrected chi connectivity index (χ0v) is 12.6. The Bertz CT molecular complexity index is 570. The lowest BCUT2D eigenvalue weighted by Gasteiger charge is -2.12. The number of hydrogen-bond donors (Lipinski definition) is 0. The zero-order valence-electron chi connectivity index (χ0n) is 9.61. The van der Waals surface area contributed by atoms with Gasteiger partial charge in [0.25, 0.3) is 0 Å². The first kappa shape index (κ1) is 14.0. The molecule has 0 atom stereocenters. The van der Waals surface area contributed by atoms with Crippen LogP contribution in [-0.4, -0.2) is 0 Å². The SMILES string of the molecule is Cc1ccc(Cl)c(Cc2c(Cl)cccc2Cl)c1Cl. The Morgan fingerprint density at radius 3 is 1.94 bits per heavy atom. The van der Waals surface area contributed by atoms with Gasteiger partial charge in [-0.3, -0.25) is 0 Å². The van der Waals surface area contributed by atoms with E-state index in [0.717, 1.165) is 16.7 Å².